The first-order valence-electron chi connectivity index (χ1n) is 12.0. The van der Waals surface area contributed by atoms with Crippen LogP contribution < -0.4 is 15.4 Å². The molecule has 2 saturated heterocycles. The molecule has 2 N–H and O–H groups in total. The molecule has 2 atom stereocenters. The van der Waals surface area contributed by atoms with Crippen molar-refractivity contribution in [3.8, 4) is 11.5 Å². The zero-order chi connectivity index (χ0) is 24.7. The molecule has 0 spiro atoms. The average molecular weight is 481 g/mol. The molecule has 0 aliphatic carbocycles. The molecule has 6 rings (SSSR count). The third-order valence-electron chi connectivity index (χ3n) is 7.06. The lowest BCUT2D eigenvalue weighted by atomic mass is 9.99. The number of anilines is 2. The van der Waals surface area contributed by atoms with Crippen LogP contribution in [0, 0.1) is 6.92 Å². The van der Waals surface area contributed by atoms with Crippen LogP contribution in [0.4, 0.5) is 17.2 Å². The molecular weight excluding hydrogens is 452 g/mol. The van der Waals surface area contributed by atoms with Crippen LogP contribution >= 0.6 is 0 Å². The van der Waals surface area contributed by atoms with Gasteiger partial charge in [0, 0.05) is 31.2 Å². The summed E-state index contributed by atoms with van der Waals surface area (Å²) in [5, 5.41) is 7.73. The van der Waals surface area contributed by atoms with Gasteiger partial charge >= 0.3 is 0 Å². The predicted octanol–water partition coefficient (Wildman–Crippen LogP) is 5.15. The Morgan fingerprint density at radius 1 is 1.11 bits per heavy atom. The van der Waals surface area contributed by atoms with Gasteiger partial charge in [-0.05, 0) is 67.9 Å². The fourth-order valence-electron chi connectivity index (χ4n) is 4.74. The molecule has 0 bridgehead atoms. The molecular formula is C28H28N6O2. The van der Waals surface area contributed by atoms with E-state index in [0.29, 0.717) is 11.8 Å². The molecule has 0 saturated carbocycles. The third kappa shape index (κ3) is 3.99. The summed E-state index contributed by atoms with van der Waals surface area (Å²) in [7, 11) is 2.04. The third-order valence-corrected chi connectivity index (χ3v) is 7.06. The summed E-state index contributed by atoms with van der Waals surface area (Å²) in [6, 6.07) is 22.3. The number of nitrogens with zero attached hydrogens (tertiary/aromatic N) is 4. The maximum atomic E-state index is 6.16. The van der Waals surface area contributed by atoms with E-state index in [9.17, 15) is 0 Å². The first-order chi connectivity index (χ1) is 17.5. The Bertz CT molecular complexity index is 1460. The number of aromatic nitrogens is 2. The van der Waals surface area contributed by atoms with Crippen LogP contribution in [0.5, 0.6) is 11.5 Å². The molecule has 1 aromatic heterocycles. The molecule has 0 amide bonds. The molecule has 36 heavy (non-hydrogen) atoms. The van der Waals surface area contributed by atoms with Gasteiger partial charge in [-0.25, -0.2) is 9.97 Å². The Balaban J connectivity index is 1.27. The molecule has 8 heteroatoms. The molecule has 3 heterocycles. The number of aryl methyl sites for hydroxylation is 1. The molecule has 4 aromatic rings. The van der Waals surface area contributed by atoms with E-state index >= 15 is 0 Å². The van der Waals surface area contributed by atoms with Gasteiger partial charge in [-0.3, -0.25) is 0 Å². The maximum absolute atomic E-state index is 6.16. The summed E-state index contributed by atoms with van der Waals surface area (Å²) in [6.07, 6.45) is 1.66. The smallest absolute Gasteiger partial charge is 0.293 e. The maximum Gasteiger partial charge on any atom is 0.293 e. The fourth-order valence-corrected chi connectivity index (χ4v) is 4.74. The highest BCUT2D eigenvalue weighted by Crippen LogP contribution is 2.34. The molecule has 2 unspecified atom stereocenters. The van der Waals surface area contributed by atoms with E-state index in [4.69, 9.17) is 14.5 Å². The van der Waals surface area contributed by atoms with Crippen molar-refractivity contribution >= 4 is 34.1 Å². The van der Waals surface area contributed by atoms with Crippen LogP contribution in [-0.4, -0.2) is 52.7 Å². The first-order valence-corrected chi connectivity index (χ1v) is 12.0. The lowest BCUT2D eigenvalue weighted by Gasteiger charge is -2.28. The summed E-state index contributed by atoms with van der Waals surface area (Å²) in [5.74, 6) is 2.33. The number of rotatable bonds is 5. The number of hydrogen-bond acceptors (Lipinski definition) is 7. The van der Waals surface area contributed by atoms with E-state index in [2.05, 4.69) is 32.4 Å². The van der Waals surface area contributed by atoms with Gasteiger partial charge in [-0.2, -0.15) is 4.99 Å². The number of hydrogen-bond donors (Lipinski definition) is 2. The normalized spacial score (nSPS) is 22.0. The van der Waals surface area contributed by atoms with Gasteiger partial charge in [0.05, 0.1) is 16.7 Å². The monoisotopic (exact) mass is 480 g/mol. The van der Waals surface area contributed by atoms with Crippen molar-refractivity contribution in [2.24, 2.45) is 4.99 Å². The number of benzene rings is 3. The van der Waals surface area contributed by atoms with Crippen molar-refractivity contribution in [2.75, 3.05) is 25.5 Å². The molecule has 2 aliphatic rings. The summed E-state index contributed by atoms with van der Waals surface area (Å²) >= 11 is 0. The second kappa shape index (κ2) is 8.80. The van der Waals surface area contributed by atoms with Crippen LogP contribution in [0.25, 0.3) is 10.9 Å². The standard InChI is InChI=1S/C28H28N6O2/c1-18-13-19(10-12-24(18)35-21-7-5-4-6-8-21)32-26-22-14-20(9-11-23(22)30-17-31-26)33-27-34(3)28(2)16-29-15-25(28)36-27/h4-14,17,25,29H,15-16H2,1-3H3,(H,30,31,32)/b33-27-. The van der Waals surface area contributed by atoms with Crippen LogP contribution in [0.3, 0.4) is 0 Å². The quantitative estimate of drug-likeness (QED) is 0.408. The minimum Gasteiger partial charge on any atom is -0.458 e. The molecule has 2 fully saturated rings. The second-order valence-corrected chi connectivity index (χ2v) is 9.49. The van der Waals surface area contributed by atoms with E-state index in [1.165, 1.54) is 0 Å². The Morgan fingerprint density at radius 2 is 1.97 bits per heavy atom. The SMILES string of the molecule is Cc1cc(Nc2ncnc3ccc(/N=C4\OC5CNCC5(C)N4C)cc23)ccc1Oc1ccccc1. The van der Waals surface area contributed by atoms with E-state index in [1.807, 2.05) is 80.7 Å². The summed E-state index contributed by atoms with van der Waals surface area (Å²) < 4.78 is 12.2. The van der Waals surface area contributed by atoms with Crippen LogP contribution in [0.15, 0.2) is 78.0 Å². The van der Waals surface area contributed by atoms with Crippen molar-refractivity contribution in [1.82, 2.24) is 20.2 Å². The van der Waals surface area contributed by atoms with Gasteiger partial charge in [0.2, 0.25) is 0 Å². The number of amidine groups is 1. The lowest BCUT2D eigenvalue weighted by molar-refractivity contribution is 0.172. The van der Waals surface area contributed by atoms with E-state index in [1.54, 1.807) is 6.33 Å². The minimum atomic E-state index is -0.0836. The van der Waals surface area contributed by atoms with Crippen LogP contribution in [0.1, 0.15) is 12.5 Å². The van der Waals surface area contributed by atoms with E-state index in [0.717, 1.165) is 52.4 Å². The highest BCUT2D eigenvalue weighted by molar-refractivity contribution is 5.93. The number of likely N-dealkylation sites (N-methyl/N-ethyl adjacent to an activating group) is 1. The van der Waals surface area contributed by atoms with Crippen molar-refractivity contribution in [3.05, 3.63) is 78.6 Å². The van der Waals surface area contributed by atoms with Crippen LogP contribution in [-0.2, 0) is 4.74 Å². The van der Waals surface area contributed by atoms with Crippen molar-refractivity contribution < 1.29 is 9.47 Å². The van der Waals surface area contributed by atoms with Gasteiger partial charge in [-0.15, -0.1) is 0 Å². The fraction of sp³-hybridized carbons (Fsp3) is 0.250. The van der Waals surface area contributed by atoms with Crippen molar-refractivity contribution in [1.29, 1.82) is 0 Å². The molecule has 0 radical (unpaired) electrons. The number of fused-ring (bicyclic) bond motifs is 2. The first kappa shape index (κ1) is 22.3. The van der Waals surface area contributed by atoms with Gasteiger partial charge in [0.25, 0.3) is 6.02 Å². The number of para-hydroxylation sites is 1. The zero-order valence-corrected chi connectivity index (χ0v) is 20.5. The van der Waals surface area contributed by atoms with Crippen LogP contribution in [0.2, 0.25) is 0 Å². The second-order valence-electron chi connectivity index (χ2n) is 9.49. The summed E-state index contributed by atoms with van der Waals surface area (Å²) in [4.78, 5) is 15.9. The summed E-state index contributed by atoms with van der Waals surface area (Å²) in [6.45, 7) is 5.93. The molecule has 3 aromatic carbocycles. The van der Waals surface area contributed by atoms with Gasteiger partial charge in [0.1, 0.15) is 29.7 Å². The molecule has 8 nitrogen and oxygen atoms in total. The summed E-state index contributed by atoms with van der Waals surface area (Å²) in [5.41, 5.74) is 3.48. The lowest BCUT2D eigenvalue weighted by Crippen LogP contribution is -2.47. The predicted molar refractivity (Wildman–Crippen MR) is 142 cm³/mol. The van der Waals surface area contributed by atoms with Gasteiger partial charge in [-0.1, -0.05) is 18.2 Å². The van der Waals surface area contributed by atoms with Gasteiger partial charge < -0.3 is 25.0 Å². The Morgan fingerprint density at radius 3 is 2.78 bits per heavy atom. The minimum absolute atomic E-state index is 0.0836. The average Bonchev–Trinajstić information content (AvgIpc) is 3.36. The van der Waals surface area contributed by atoms with Crippen molar-refractivity contribution in [3.63, 3.8) is 0 Å². The Kier molecular flexibility index (Phi) is 5.45. The number of aliphatic imine (C=N–C) groups is 1. The van der Waals surface area contributed by atoms with Gasteiger partial charge in [0.15, 0.2) is 0 Å². The largest absolute Gasteiger partial charge is 0.458 e. The van der Waals surface area contributed by atoms with E-state index in [-0.39, 0.29) is 11.6 Å². The zero-order valence-electron chi connectivity index (χ0n) is 20.5. The topological polar surface area (TPSA) is 83.9 Å². The van der Waals surface area contributed by atoms with E-state index < -0.39 is 0 Å². The Labute approximate surface area is 210 Å². The van der Waals surface area contributed by atoms with Crippen molar-refractivity contribution in [2.45, 2.75) is 25.5 Å². The molecule has 2 aliphatic heterocycles. The Hall–Kier alpha value is -4.17. The number of ether oxygens (including phenoxy) is 2. The number of nitrogens with one attached hydrogen (secondary N) is 2. The highest BCUT2D eigenvalue weighted by Gasteiger charge is 2.51. The highest BCUT2D eigenvalue weighted by atomic mass is 16.5. The molecule has 182 valence electrons.